The monoisotopic (exact) mass is 310 g/mol. The molecule has 2 rings (SSSR count). The van der Waals surface area contributed by atoms with E-state index in [1.165, 1.54) is 38.2 Å². The first-order valence-corrected chi connectivity index (χ1v) is 7.72. The smallest absolute Gasteiger partial charge is 0.0353 e. The van der Waals surface area contributed by atoms with E-state index in [0.717, 1.165) is 10.4 Å². The lowest BCUT2D eigenvalue weighted by Gasteiger charge is -2.35. The van der Waals surface area contributed by atoms with Gasteiger partial charge in [-0.05, 0) is 57.0 Å². The fourth-order valence-electron chi connectivity index (χ4n) is 2.75. The van der Waals surface area contributed by atoms with Gasteiger partial charge in [0.15, 0.2) is 0 Å². The normalized spacial score (nSPS) is 22.7. The predicted molar refractivity (Wildman–Crippen MR) is 82.1 cm³/mol. The van der Waals surface area contributed by atoms with Gasteiger partial charge in [-0.25, -0.2) is 0 Å². The van der Waals surface area contributed by atoms with Gasteiger partial charge in [0.25, 0.3) is 0 Å². The number of halogens is 1. The van der Waals surface area contributed by atoms with E-state index in [2.05, 4.69) is 64.3 Å². The van der Waals surface area contributed by atoms with Crippen LogP contribution in [0.5, 0.6) is 0 Å². The van der Waals surface area contributed by atoms with E-state index in [-0.39, 0.29) is 0 Å². The van der Waals surface area contributed by atoms with E-state index in [9.17, 15) is 0 Å². The highest BCUT2D eigenvalue weighted by molar-refractivity contribution is 9.10. The number of benzene rings is 1. The maximum absolute atomic E-state index is 3.64. The van der Waals surface area contributed by atoms with Crippen molar-refractivity contribution in [2.75, 3.05) is 25.0 Å². The lowest BCUT2D eigenvalue weighted by atomic mass is 9.91. The molecule has 2 atom stereocenters. The molecular formula is C15H23BrN2. The molecule has 1 aromatic carbocycles. The second kappa shape index (κ2) is 6.58. The van der Waals surface area contributed by atoms with Crippen molar-refractivity contribution in [3.63, 3.8) is 0 Å². The molecule has 0 spiro atoms. The summed E-state index contributed by atoms with van der Waals surface area (Å²) in [6, 6.07) is 8.97. The minimum absolute atomic E-state index is 0.536. The minimum Gasteiger partial charge on any atom is -0.382 e. The zero-order chi connectivity index (χ0) is 13.0. The predicted octanol–water partition coefficient (Wildman–Crippen LogP) is 3.98. The molecule has 1 aromatic rings. The van der Waals surface area contributed by atoms with Crippen molar-refractivity contribution in [1.29, 1.82) is 0 Å². The minimum atomic E-state index is 0.536. The number of rotatable bonds is 4. The van der Waals surface area contributed by atoms with Gasteiger partial charge in [0.2, 0.25) is 0 Å². The van der Waals surface area contributed by atoms with E-state index >= 15 is 0 Å². The van der Waals surface area contributed by atoms with Crippen LogP contribution >= 0.6 is 15.9 Å². The molecule has 1 N–H and O–H groups in total. The highest BCUT2D eigenvalue weighted by Gasteiger charge is 2.23. The molecule has 100 valence electrons. The van der Waals surface area contributed by atoms with Crippen molar-refractivity contribution >= 4 is 21.6 Å². The second-order valence-corrected chi connectivity index (χ2v) is 6.15. The standard InChI is InChI=1S/C15H23BrN2/c1-3-18-9-5-6-13(11-18)12(2)17-15-8-4-7-14(16)10-15/h4,7-8,10,12-13,17H,3,5-6,9,11H2,1-2H3. The lowest BCUT2D eigenvalue weighted by Crippen LogP contribution is -2.41. The zero-order valence-corrected chi connectivity index (χ0v) is 12.9. The van der Waals surface area contributed by atoms with Crippen LogP contribution in [0, 0.1) is 5.92 Å². The van der Waals surface area contributed by atoms with Gasteiger partial charge < -0.3 is 10.2 Å². The molecule has 0 bridgehead atoms. The topological polar surface area (TPSA) is 15.3 Å². The van der Waals surface area contributed by atoms with Gasteiger partial charge >= 0.3 is 0 Å². The maximum Gasteiger partial charge on any atom is 0.0353 e. The highest BCUT2D eigenvalue weighted by Crippen LogP contribution is 2.23. The molecule has 1 aliphatic heterocycles. The fraction of sp³-hybridized carbons (Fsp3) is 0.600. The van der Waals surface area contributed by atoms with Crippen LogP contribution in [0.25, 0.3) is 0 Å². The molecule has 2 nitrogen and oxygen atoms in total. The summed E-state index contributed by atoms with van der Waals surface area (Å²) < 4.78 is 1.14. The van der Waals surface area contributed by atoms with Gasteiger partial charge in [0.1, 0.15) is 0 Å². The van der Waals surface area contributed by atoms with Crippen LogP contribution in [0.1, 0.15) is 26.7 Å². The molecule has 0 aromatic heterocycles. The Morgan fingerprint density at radius 1 is 1.50 bits per heavy atom. The van der Waals surface area contributed by atoms with Gasteiger partial charge in [0, 0.05) is 22.7 Å². The molecule has 0 radical (unpaired) electrons. The number of likely N-dealkylation sites (tertiary alicyclic amines) is 1. The Morgan fingerprint density at radius 3 is 3.06 bits per heavy atom. The molecule has 2 unspecified atom stereocenters. The van der Waals surface area contributed by atoms with Crippen molar-refractivity contribution in [2.24, 2.45) is 5.92 Å². The molecule has 3 heteroatoms. The van der Waals surface area contributed by atoms with Gasteiger partial charge in [-0.3, -0.25) is 0 Å². The number of anilines is 1. The summed E-state index contributed by atoms with van der Waals surface area (Å²) in [4.78, 5) is 2.56. The second-order valence-electron chi connectivity index (χ2n) is 5.24. The molecule has 1 saturated heterocycles. The third-order valence-corrected chi connectivity index (χ3v) is 4.41. The molecule has 18 heavy (non-hydrogen) atoms. The number of hydrogen-bond donors (Lipinski definition) is 1. The zero-order valence-electron chi connectivity index (χ0n) is 11.3. The molecule has 0 amide bonds. The van der Waals surface area contributed by atoms with Crippen molar-refractivity contribution in [2.45, 2.75) is 32.7 Å². The summed E-state index contributed by atoms with van der Waals surface area (Å²) in [5.74, 6) is 0.762. The van der Waals surface area contributed by atoms with Crippen molar-refractivity contribution < 1.29 is 0 Å². The van der Waals surface area contributed by atoms with Crippen molar-refractivity contribution in [3.8, 4) is 0 Å². The molecular weight excluding hydrogens is 288 g/mol. The highest BCUT2D eigenvalue weighted by atomic mass is 79.9. The molecule has 0 aliphatic carbocycles. The van der Waals surface area contributed by atoms with Crippen LogP contribution in [-0.4, -0.2) is 30.6 Å². The fourth-order valence-corrected chi connectivity index (χ4v) is 3.14. The lowest BCUT2D eigenvalue weighted by molar-refractivity contribution is 0.172. The van der Waals surface area contributed by atoms with Crippen LogP contribution in [-0.2, 0) is 0 Å². The average molecular weight is 311 g/mol. The summed E-state index contributed by atoms with van der Waals surface area (Å²) in [7, 11) is 0. The summed E-state index contributed by atoms with van der Waals surface area (Å²) >= 11 is 3.52. The number of nitrogens with one attached hydrogen (secondary N) is 1. The quantitative estimate of drug-likeness (QED) is 0.905. The van der Waals surface area contributed by atoms with Crippen LogP contribution in [0.3, 0.4) is 0 Å². The molecule has 1 fully saturated rings. The number of piperidine rings is 1. The summed E-state index contributed by atoms with van der Waals surface area (Å²) in [6.07, 6.45) is 2.68. The summed E-state index contributed by atoms with van der Waals surface area (Å²) in [5.41, 5.74) is 1.21. The first-order chi connectivity index (χ1) is 8.69. The third-order valence-electron chi connectivity index (χ3n) is 3.92. The Labute approximate surface area is 119 Å². The van der Waals surface area contributed by atoms with Crippen LogP contribution in [0.4, 0.5) is 5.69 Å². The third kappa shape index (κ3) is 3.72. The number of nitrogens with zero attached hydrogens (tertiary/aromatic N) is 1. The Kier molecular flexibility index (Phi) is 5.07. The maximum atomic E-state index is 3.64. The Balaban J connectivity index is 1.93. The van der Waals surface area contributed by atoms with E-state index in [1.54, 1.807) is 0 Å². The van der Waals surface area contributed by atoms with Gasteiger partial charge in [0.05, 0.1) is 0 Å². The largest absolute Gasteiger partial charge is 0.382 e. The van der Waals surface area contributed by atoms with Gasteiger partial charge in [-0.1, -0.05) is 28.9 Å². The SMILES string of the molecule is CCN1CCCC(C(C)Nc2cccc(Br)c2)C1. The molecule has 1 aliphatic rings. The van der Waals surface area contributed by atoms with E-state index < -0.39 is 0 Å². The van der Waals surface area contributed by atoms with Crippen LogP contribution in [0.2, 0.25) is 0 Å². The number of hydrogen-bond acceptors (Lipinski definition) is 2. The Bertz CT molecular complexity index is 381. The Morgan fingerprint density at radius 2 is 2.33 bits per heavy atom. The average Bonchev–Trinajstić information content (AvgIpc) is 2.39. The first-order valence-electron chi connectivity index (χ1n) is 6.93. The molecule has 0 saturated carbocycles. The van der Waals surface area contributed by atoms with Gasteiger partial charge in [-0.2, -0.15) is 0 Å². The van der Waals surface area contributed by atoms with Crippen LogP contribution in [0.15, 0.2) is 28.7 Å². The van der Waals surface area contributed by atoms with E-state index in [4.69, 9.17) is 0 Å². The summed E-state index contributed by atoms with van der Waals surface area (Å²) in [5, 5.41) is 3.64. The van der Waals surface area contributed by atoms with Crippen molar-refractivity contribution in [3.05, 3.63) is 28.7 Å². The van der Waals surface area contributed by atoms with E-state index in [0.29, 0.717) is 6.04 Å². The Hall–Kier alpha value is -0.540. The van der Waals surface area contributed by atoms with E-state index in [1.807, 2.05) is 0 Å². The van der Waals surface area contributed by atoms with Gasteiger partial charge in [-0.15, -0.1) is 0 Å². The summed E-state index contributed by atoms with van der Waals surface area (Å²) in [6.45, 7) is 8.26. The molecule has 1 heterocycles. The van der Waals surface area contributed by atoms with Crippen LogP contribution < -0.4 is 5.32 Å². The van der Waals surface area contributed by atoms with Crippen molar-refractivity contribution in [1.82, 2.24) is 4.90 Å². The first kappa shape index (κ1) is 13.9.